The Morgan fingerprint density at radius 3 is 2.63 bits per heavy atom. The van der Waals surface area contributed by atoms with E-state index in [2.05, 4.69) is 37.6 Å². The van der Waals surface area contributed by atoms with Crippen molar-refractivity contribution >= 4 is 33.3 Å². The van der Waals surface area contributed by atoms with Crippen LogP contribution in [0.1, 0.15) is 13.3 Å². The molecule has 2 heterocycles. The standard InChI is InChI=1S/C13H20BrClN4/c1-2-11(8-16)18-3-5-19(6-4-18)13-12(14)7-10(15)9-17-13/h7,9,11H,2-6,8,16H2,1H3. The minimum Gasteiger partial charge on any atom is -0.353 e. The van der Waals surface area contributed by atoms with E-state index >= 15 is 0 Å². The monoisotopic (exact) mass is 346 g/mol. The molecule has 1 saturated heterocycles. The summed E-state index contributed by atoms with van der Waals surface area (Å²) in [6.07, 6.45) is 2.81. The molecule has 6 heteroatoms. The van der Waals surface area contributed by atoms with Crippen LogP contribution in [-0.4, -0.2) is 48.6 Å². The fraction of sp³-hybridized carbons (Fsp3) is 0.615. The lowest BCUT2D eigenvalue weighted by Crippen LogP contribution is -2.52. The predicted octanol–water partition coefficient (Wildman–Crippen LogP) is 2.36. The van der Waals surface area contributed by atoms with Crippen LogP contribution in [0.3, 0.4) is 0 Å². The van der Waals surface area contributed by atoms with E-state index in [0.717, 1.165) is 49.4 Å². The molecular formula is C13H20BrClN4. The number of hydrogen-bond donors (Lipinski definition) is 1. The van der Waals surface area contributed by atoms with Crippen LogP contribution in [0.4, 0.5) is 5.82 Å². The Kier molecular flexibility index (Phi) is 5.45. The second kappa shape index (κ2) is 6.88. The van der Waals surface area contributed by atoms with Crippen molar-refractivity contribution in [1.82, 2.24) is 9.88 Å². The molecule has 0 aliphatic carbocycles. The SMILES string of the molecule is CCC(CN)N1CCN(c2ncc(Cl)cc2Br)CC1. The topological polar surface area (TPSA) is 45.4 Å². The Balaban J connectivity index is 1.99. The van der Waals surface area contributed by atoms with Gasteiger partial charge in [-0.15, -0.1) is 0 Å². The Morgan fingerprint density at radius 1 is 1.42 bits per heavy atom. The van der Waals surface area contributed by atoms with Gasteiger partial charge in [0, 0.05) is 45.0 Å². The summed E-state index contributed by atoms with van der Waals surface area (Å²) in [5.41, 5.74) is 5.81. The molecule has 106 valence electrons. The second-order valence-corrected chi connectivity index (χ2v) is 6.07. The Labute approximate surface area is 128 Å². The van der Waals surface area contributed by atoms with Crippen molar-refractivity contribution in [2.45, 2.75) is 19.4 Å². The predicted molar refractivity (Wildman–Crippen MR) is 83.9 cm³/mol. The van der Waals surface area contributed by atoms with Crippen LogP contribution >= 0.6 is 27.5 Å². The van der Waals surface area contributed by atoms with Gasteiger partial charge < -0.3 is 10.6 Å². The molecule has 1 aliphatic heterocycles. The van der Waals surface area contributed by atoms with Gasteiger partial charge in [-0.3, -0.25) is 4.90 Å². The summed E-state index contributed by atoms with van der Waals surface area (Å²) in [6.45, 7) is 6.95. The molecule has 19 heavy (non-hydrogen) atoms. The van der Waals surface area contributed by atoms with Crippen LogP contribution < -0.4 is 10.6 Å². The van der Waals surface area contributed by atoms with Crippen molar-refractivity contribution in [2.24, 2.45) is 5.73 Å². The molecule has 4 nitrogen and oxygen atoms in total. The molecule has 1 aromatic heterocycles. The van der Waals surface area contributed by atoms with Gasteiger partial charge in [0.05, 0.1) is 9.50 Å². The van der Waals surface area contributed by atoms with Crippen molar-refractivity contribution in [3.05, 3.63) is 21.8 Å². The molecule has 0 spiro atoms. The second-order valence-electron chi connectivity index (χ2n) is 4.78. The summed E-state index contributed by atoms with van der Waals surface area (Å²) in [4.78, 5) is 9.18. The highest BCUT2D eigenvalue weighted by Gasteiger charge is 2.23. The highest BCUT2D eigenvalue weighted by molar-refractivity contribution is 9.10. The van der Waals surface area contributed by atoms with E-state index < -0.39 is 0 Å². The van der Waals surface area contributed by atoms with Gasteiger partial charge in [0.15, 0.2) is 0 Å². The van der Waals surface area contributed by atoms with E-state index in [1.807, 2.05) is 6.07 Å². The van der Waals surface area contributed by atoms with Crippen molar-refractivity contribution in [3.8, 4) is 0 Å². The maximum atomic E-state index is 5.93. The van der Waals surface area contributed by atoms with Crippen LogP contribution in [0.2, 0.25) is 5.02 Å². The summed E-state index contributed by atoms with van der Waals surface area (Å²) in [6, 6.07) is 2.40. The number of halogens is 2. The van der Waals surface area contributed by atoms with E-state index in [1.165, 1.54) is 0 Å². The van der Waals surface area contributed by atoms with Crippen LogP contribution in [0.5, 0.6) is 0 Å². The van der Waals surface area contributed by atoms with Gasteiger partial charge in [-0.25, -0.2) is 4.98 Å². The largest absolute Gasteiger partial charge is 0.353 e. The molecule has 1 aromatic rings. The number of anilines is 1. The molecule has 0 bridgehead atoms. The lowest BCUT2D eigenvalue weighted by molar-refractivity contribution is 0.184. The van der Waals surface area contributed by atoms with E-state index in [-0.39, 0.29) is 0 Å². The Bertz CT molecular complexity index is 417. The first-order valence-electron chi connectivity index (χ1n) is 6.65. The zero-order chi connectivity index (χ0) is 13.8. The van der Waals surface area contributed by atoms with Gasteiger partial charge in [0.1, 0.15) is 5.82 Å². The fourth-order valence-electron chi connectivity index (χ4n) is 2.51. The van der Waals surface area contributed by atoms with Crippen LogP contribution in [0.15, 0.2) is 16.7 Å². The summed E-state index contributed by atoms with van der Waals surface area (Å²) in [5.74, 6) is 0.977. The van der Waals surface area contributed by atoms with E-state index in [4.69, 9.17) is 17.3 Å². The third kappa shape index (κ3) is 3.60. The van der Waals surface area contributed by atoms with Gasteiger partial charge >= 0.3 is 0 Å². The van der Waals surface area contributed by atoms with Crippen molar-refractivity contribution < 1.29 is 0 Å². The maximum Gasteiger partial charge on any atom is 0.143 e. The minimum atomic E-state index is 0.503. The van der Waals surface area contributed by atoms with Crippen LogP contribution in [0.25, 0.3) is 0 Å². The van der Waals surface area contributed by atoms with Gasteiger partial charge in [-0.05, 0) is 28.4 Å². The molecule has 0 saturated carbocycles. The normalized spacial score (nSPS) is 18.6. The van der Waals surface area contributed by atoms with Gasteiger partial charge in [-0.2, -0.15) is 0 Å². The van der Waals surface area contributed by atoms with Gasteiger partial charge in [0.2, 0.25) is 0 Å². The summed E-state index contributed by atoms with van der Waals surface area (Å²) >= 11 is 9.46. The Hall–Kier alpha value is -0.360. The lowest BCUT2D eigenvalue weighted by Gasteiger charge is -2.39. The first kappa shape index (κ1) is 15.0. The first-order valence-corrected chi connectivity index (χ1v) is 7.83. The van der Waals surface area contributed by atoms with Crippen molar-refractivity contribution in [2.75, 3.05) is 37.6 Å². The number of nitrogens with zero attached hydrogens (tertiary/aromatic N) is 3. The highest BCUT2D eigenvalue weighted by Crippen LogP contribution is 2.27. The van der Waals surface area contributed by atoms with Crippen molar-refractivity contribution in [3.63, 3.8) is 0 Å². The zero-order valence-corrected chi connectivity index (χ0v) is 13.5. The van der Waals surface area contributed by atoms with E-state index in [1.54, 1.807) is 6.20 Å². The number of hydrogen-bond acceptors (Lipinski definition) is 4. The number of nitrogens with two attached hydrogens (primary N) is 1. The lowest BCUT2D eigenvalue weighted by atomic mass is 10.1. The van der Waals surface area contributed by atoms with E-state index in [9.17, 15) is 0 Å². The summed E-state index contributed by atoms with van der Waals surface area (Å²) in [7, 11) is 0. The maximum absolute atomic E-state index is 5.93. The van der Waals surface area contributed by atoms with Crippen LogP contribution in [-0.2, 0) is 0 Å². The van der Waals surface area contributed by atoms with Crippen LogP contribution in [0, 0.1) is 0 Å². The van der Waals surface area contributed by atoms with Gasteiger partial charge in [-0.1, -0.05) is 18.5 Å². The molecule has 0 radical (unpaired) electrons. The molecule has 2 rings (SSSR count). The highest BCUT2D eigenvalue weighted by atomic mass is 79.9. The quantitative estimate of drug-likeness (QED) is 0.908. The summed E-state index contributed by atoms with van der Waals surface area (Å²) < 4.78 is 0.958. The molecule has 1 fully saturated rings. The fourth-order valence-corrected chi connectivity index (χ4v) is 3.40. The average Bonchev–Trinajstić information content (AvgIpc) is 2.41. The first-order chi connectivity index (χ1) is 9.15. The number of aromatic nitrogens is 1. The number of pyridine rings is 1. The molecule has 2 N–H and O–H groups in total. The zero-order valence-electron chi connectivity index (χ0n) is 11.1. The third-order valence-electron chi connectivity index (χ3n) is 3.66. The molecule has 0 amide bonds. The molecular weight excluding hydrogens is 328 g/mol. The average molecular weight is 348 g/mol. The Morgan fingerprint density at radius 2 is 2.11 bits per heavy atom. The van der Waals surface area contributed by atoms with Crippen molar-refractivity contribution in [1.29, 1.82) is 0 Å². The summed E-state index contributed by atoms with van der Waals surface area (Å²) in [5, 5.41) is 0.656. The molecule has 1 aliphatic rings. The van der Waals surface area contributed by atoms with Gasteiger partial charge in [0.25, 0.3) is 0 Å². The number of piperazine rings is 1. The smallest absolute Gasteiger partial charge is 0.143 e. The number of rotatable bonds is 4. The molecule has 0 aromatic carbocycles. The minimum absolute atomic E-state index is 0.503. The third-order valence-corrected chi connectivity index (χ3v) is 4.45. The molecule has 1 unspecified atom stereocenters. The van der Waals surface area contributed by atoms with E-state index in [0.29, 0.717) is 11.1 Å². The molecule has 1 atom stereocenters.